The van der Waals surface area contributed by atoms with E-state index in [1.165, 1.54) is 19.1 Å². The Morgan fingerprint density at radius 1 is 1.00 bits per heavy atom. The smallest absolute Gasteiger partial charge is 0.261 e. The van der Waals surface area contributed by atoms with Crippen molar-refractivity contribution in [2.45, 2.75) is 25.7 Å². The lowest BCUT2D eigenvalue weighted by molar-refractivity contribution is -0.114. The van der Waals surface area contributed by atoms with Crippen molar-refractivity contribution in [1.82, 2.24) is 0 Å². The molecule has 0 aliphatic heterocycles. The molecule has 6 nitrogen and oxygen atoms in total. The van der Waals surface area contributed by atoms with Crippen LogP contribution >= 0.6 is 0 Å². The highest BCUT2D eigenvalue weighted by Crippen LogP contribution is 2.30. The van der Waals surface area contributed by atoms with Crippen molar-refractivity contribution >= 4 is 33.0 Å². The van der Waals surface area contributed by atoms with Crippen LogP contribution in [-0.2, 0) is 14.8 Å². The molecule has 0 aliphatic rings. The van der Waals surface area contributed by atoms with E-state index in [0.717, 1.165) is 18.8 Å². The summed E-state index contributed by atoms with van der Waals surface area (Å²) in [5.41, 5.74) is 1.67. The molecule has 0 aliphatic carbocycles. The van der Waals surface area contributed by atoms with Crippen molar-refractivity contribution in [3.05, 3.63) is 48.5 Å². The lowest BCUT2D eigenvalue weighted by Gasteiger charge is -2.23. The number of amides is 1. The zero-order valence-corrected chi connectivity index (χ0v) is 15.4. The first-order chi connectivity index (χ1) is 11.9. The molecular weight excluding hydrogens is 338 g/mol. The maximum absolute atomic E-state index is 12.5. The summed E-state index contributed by atoms with van der Waals surface area (Å²) >= 11 is 0. The van der Waals surface area contributed by atoms with Gasteiger partial charge in [-0.15, -0.1) is 0 Å². The Balaban J connectivity index is 2.41. The third-order valence-electron chi connectivity index (χ3n) is 3.74. The van der Waals surface area contributed by atoms with Crippen molar-refractivity contribution in [2.24, 2.45) is 0 Å². The van der Waals surface area contributed by atoms with Gasteiger partial charge in [-0.2, -0.15) is 0 Å². The summed E-state index contributed by atoms with van der Waals surface area (Å²) < 4.78 is 27.6. The number of nitrogens with zero attached hydrogens (tertiary/aromatic N) is 1. The third kappa shape index (κ3) is 4.73. The van der Waals surface area contributed by atoms with Crippen LogP contribution in [0.3, 0.4) is 0 Å². The van der Waals surface area contributed by atoms with Gasteiger partial charge in [0.2, 0.25) is 5.91 Å². The zero-order valence-electron chi connectivity index (χ0n) is 14.6. The molecule has 2 aromatic rings. The van der Waals surface area contributed by atoms with Gasteiger partial charge in [0.15, 0.2) is 0 Å². The lowest BCUT2D eigenvalue weighted by Crippen LogP contribution is -2.22. The number of rotatable bonds is 7. The van der Waals surface area contributed by atoms with E-state index in [0.29, 0.717) is 11.4 Å². The van der Waals surface area contributed by atoms with E-state index in [9.17, 15) is 13.2 Å². The molecule has 0 fully saturated rings. The Morgan fingerprint density at radius 2 is 1.64 bits per heavy atom. The highest BCUT2D eigenvalue weighted by atomic mass is 32.2. The maximum atomic E-state index is 12.5. The van der Waals surface area contributed by atoms with E-state index >= 15 is 0 Å². The van der Waals surface area contributed by atoms with Crippen molar-refractivity contribution in [1.29, 1.82) is 0 Å². The normalized spacial score (nSPS) is 11.0. The second kappa shape index (κ2) is 8.02. The zero-order chi connectivity index (χ0) is 18.4. The molecule has 0 aromatic heterocycles. The monoisotopic (exact) mass is 361 g/mol. The molecule has 0 heterocycles. The predicted molar refractivity (Wildman–Crippen MR) is 102 cm³/mol. The van der Waals surface area contributed by atoms with Crippen LogP contribution in [0.1, 0.15) is 20.8 Å². The minimum absolute atomic E-state index is 0.164. The highest BCUT2D eigenvalue weighted by molar-refractivity contribution is 7.92. The number of nitrogens with one attached hydrogen (secondary N) is 2. The lowest BCUT2D eigenvalue weighted by atomic mass is 10.2. The van der Waals surface area contributed by atoms with E-state index in [-0.39, 0.29) is 10.8 Å². The highest BCUT2D eigenvalue weighted by Gasteiger charge is 2.17. The van der Waals surface area contributed by atoms with Gasteiger partial charge in [0.1, 0.15) is 0 Å². The van der Waals surface area contributed by atoms with Crippen molar-refractivity contribution in [2.75, 3.05) is 28.0 Å². The Hall–Kier alpha value is -2.54. The number of carbonyl (C=O) groups is 1. The second-order valence-electron chi connectivity index (χ2n) is 5.50. The molecule has 0 spiro atoms. The first-order valence-electron chi connectivity index (χ1n) is 8.11. The fraction of sp³-hybridized carbons (Fsp3) is 0.278. The van der Waals surface area contributed by atoms with E-state index in [1.807, 2.05) is 19.9 Å². The summed E-state index contributed by atoms with van der Waals surface area (Å²) in [5.74, 6) is -0.267. The molecule has 0 saturated heterocycles. The standard InChI is InChI=1S/C18H23N3O3S/c1-4-21(5-2)15-11-12-17(18(13-15)19-14(3)22)20-25(23,24)16-9-7-6-8-10-16/h6-13,20H,4-5H2,1-3H3,(H,19,22). The Bertz CT molecular complexity index is 832. The van der Waals surface area contributed by atoms with Gasteiger partial charge >= 0.3 is 0 Å². The van der Waals surface area contributed by atoms with Gasteiger partial charge in [-0.3, -0.25) is 9.52 Å². The predicted octanol–water partition coefficient (Wildman–Crippen LogP) is 3.29. The molecule has 7 heteroatoms. The SMILES string of the molecule is CCN(CC)c1ccc(NS(=O)(=O)c2ccccc2)c(NC(C)=O)c1. The van der Waals surface area contributed by atoms with Crippen molar-refractivity contribution in [3.8, 4) is 0 Å². The Kier molecular flexibility index (Phi) is 6.03. The number of sulfonamides is 1. The fourth-order valence-corrected chi connectivity index (χ4v) is 3.60. The van der Waals surface area contributed by atoms with Gasteiger partial charge in [-0.05, 0) is 44.2 Å². The largest absolute Gasteiger partial charge is 0.372 e. The van der Waals surface area contributed by atoms with Crippen LogP contribution in [0, 0.1) is 0 Å². The van der Waals surface area contributed by atoms with Gasteiger partial charge in [0.05, 0.1) is 16.3 Å². The maximum Gasteiger partial charge on any atom is 0.261 e. The molecule has 0 bridgehead atoms. The van der Waals surface area contributed by atoms with Crippen LogP contribution in [0.4, 0.5) is 17.1 Å². The van der Waals surface area contributed by atoms with E-state index in [1.54, 1.807) is 30.3 Å². The average molecular weight is 361 g/mol. The molecule has 2 rings (SSSR count). The molecule has 2 aromatic carbocycles. The number of hydrogen-bond donors (Lipinski definition) is 2. The van der Waals surface area contributed by atoms with Crippen LogP contribution in [0.25, 0.3) is 0 Å². The molecule has 0 atom stereocenters. The van der Waals surface area contributed by atoms with Crippen molar-refractivity contribution in [3.63, 3.8) is 0 Å². The quantitative estimate of drug-likeness (QED) is 0.793. The van der Waals surface area contributed by atoms with Crippen LogP contribution in [-0.4, -0.2) is 27.4 Å². The van der Waals surface area contributed by atoms with E-state index < -0.39 is 10.0 Å². The van der Waals surface area contributed by atoms with E-state index in [4.69, 9.17) is 0 Å². The molecule has 0 radical (unpaired) electrons. The van der Waals surface area contributed by atoms with Crippen molar-refractivity contribution < 1.29 is 13.2 Å². The molecule has 0 unspecified atom stereocenters. The number of carbonyl (C=O) groups excluding carboxylic acids is 1. The van der Waals surface area contributed by atoms with E-state index in [2.05, 4.69) is 14.9 Å². The van der Waals surface area contributed by atoms with Gasteiger partial charge in [-0.25, -0.2) is 8.42 Å². The van der Waals surface area contributed by atoms with Crippen LogP contribution in [0.5, 0.6) is 0 Å². The summed E-state index contributed by atoms with van der Waals surface area (Å²) in [7, 11) is -3.73. The summed E-state index contributed by atoms with van der Waals surface area (Å²) in [6.07, 6.45) is 0. The average Bonchev–Trinajstić information content (AvgIpc) is 2.58. The van der Waals surface area contributed by atoms with Gasteiger partial charge in [0.25, 0.3) is 10.0 Å². The Morgan fingerprint density at radius 3 is 2.20 bits per heavy atom. The number of benzene rings is 2. The molecule has 1 amide bonds. The fourth-order valence-electron chi connectivity index (χ4n) is 2.50. The van der Waals surface area contributed by atoms with Gasteiger partial charge in [-0.1, -0.05) is 18.2 Å². The molecule has 25 heavy (non-hydrogen) atoms. The molecule has 0 saturated carbocycles. The number of anilines is 3. The van der Waals surface area contributed by atoms with Crippen LogP contribution in [0.2, 0.25) is 0 Å². The topological polar surface area (TPSA) is 78.5 Å². The van der Waals surface area contributed by atoms with Crippen LogP contribution in [0.15, 0.2) is 53.4 Å². The minimum atomic E-state index is -3.73. The summed E-state index contributed by atoms with van der Waals surface area (Å²) in [5, 5.41) is 2.70. The Labute approximate surface area is 148 Å². The summed E-state index contributed by atoms with van der Waals surface area (Å²) in [6, 6.07) is 13.4. The van der Waals surface area contributed by atoms with Crippen LogP contribution < -0.4 is 14.9 Å². The minimum Gasteiger partial charge on any atom is -0.372 e. The van der Waals surface area contributed by atoms with Gasteiger partial charge < -0.3 is 10.2 Å². The summed E-state index contributed by atoms with van der Waals surface area (Å²) in [6.45, 7) is 7.08. The second-order valence-corrected chi connectivity index (χ2v) is 7.18. The molecule has 134 valence electrons. The molecular formula is C18H23N3O3S. The first-order valence-corrected chi connectivity index (χ1v) is 9.60. The first kappa shape index (κ1) is 18.8. The third-order valence-corrected chi connectivity index (χ3v) is 5.12. The molecule has 2 N–H and O–H groups in total. The number of hydrogen-bond acceptors (Lipinski definition) is 4. The van der Waals surface area contributed by atoms with Gasteiger partial charge in [0, 0.05) is 25.7 Å². The summed E-state index contributed by atoms with van der Waals surface area (Å²) in [4.78, 5) is 13.8.